The van der Waals surface area contributed by atoms with Crippen LogP contribution in [0.5, 0.6) is 0 Å². The first-order valence-electron chi connectivity index (χ1n) is 9.94. The van der Waals surface area contributed by atoms with Crippen LogP contribution in [0.4, 0.5) is 17.1 Å². The van der Waals surface area contributed by atoms with Gasteiger partial charge in [-0.15, -0.1) is 0 Å². The summed E-state index contributed by atoms with van der Waals surface area (Å²) in [7, 11) is 0. The van der Waals surface area contributed by atoms with Crippen LogP contribution in [0.15, 0.2) is 59.8 Å². The maximum atomic E-state index is 11.3. The molecule has 158 valence electrons. The predicted molar refractivity (Wildman–Crippen MR) is 118 cm³/mol. The zero-order chi connectivity index (χ0) is 22.0. The largest absolute Gasteiger partial charge is 0.315 e. The molecule has 0 radical (unpaired) electrons. The van der Waals surface area contributed by atoms with E-state index >= 15 is 0 Å². The van der Waals surface area contributed by atoms with Crippen molar-refractivity contribution in [3.63, 3.8) is 0 Å². The summed E-state index contributed by atoms with van der Waals surface area (Å²) in [6.07, 6.45) is 6.86. The fourth-order valence-electron chi connectivity index (χ4n) is 3.90. The van der Waals surface area contributed by atoms with Gasteiger partial charge in [-0.3, -0.25) is 25.7 Å². The monoisotopic (exact) mass is 419 g/mol. The van der Waals surface area contributed by atoms with E-state index in [4.69, 9.17) is 0 Å². The van der Waals surface area contributed by atoms with E-state index in [1.165, 1.54) is 23.3 Å². The number of hydrogen-bond acceptors (Lipinski definition) is 6. The van der Waals surface area contributed by atoms with Gasteiger partial charge in [0.15, 0.2) is 0 Å². The fourth-order valence-corrected chi connectivity index (χ4v) is 3.90. The highest BCUT2D eigenvalue weighted by molar-refractivity contribution is 5.83. The van der Waals surface area contributed by atoms with Crippen LogP contribution in [0.25, 0.3) is 5.69 Å². The molecular formula is C22H21N5O4. The third-order valence-corrected chi connectivity index (χ3v) is 5.50. The lowest BCUT2D eigenvalue weighted by Gasteiger charge is -2.18. The van der Waals surface area contributed by atoms with Crippen molar-refractivity contribution in [2.45, 2.75) is 26.2 Å². The van der Waals surface area contributed by atoms with E-state index in [0.717, 1.165) is 36.7 Å². The van der Waals surface area contributed by atoms with E-state index in [9.17, 15) is 20.2 Å². The molecule has 31 heavy (non-hydrogen) atoms. The number of nitrogens with zero attached hydrogens (tertiary/aromatic N) is 4. The normalized spacial score (nSPS) is 15.6. The van der Waals surface area contributed by atoms with E-state index in [1.54, 1.807) is 6.21 Å². The number of nitrogens with one attached hydrogen (secondary N) is 1. The van der Waals surface area contributed by atoms with Gasteiger partial charge in [-0.25, -0.2) is 0 Å². The lowest BCUT2D eigenvalue weighted by molar-refractivity contribution is -0.393. The van der Waals surface area contributed by atoms with Gasteiger partial charge in [0.05, 0.1) is 27.8 Å². The van der Waals surface area contributed by atoms with E-state index in [-0.39, 0.29) is 11.4 Å². The molecule has 0 bridgehead atoms. The van der Waals surface area contributed by atoms with Gasteiger partial charge >= 0.3 is 5.69 Å². The van der Waals surface area contributed by atoms with Crippen molar-refractivity contribution >= 4 is 23.3 Å². The van der Waals surface area contributed by atoms with Gasteiger partial charge in [0.2, 0.25) is 0 Å². The molecule has 1 heterocycles. The van der Waals surface area contributed by atoms with Crippen molar-refractivity contribution in [2.75, 3.05) is 5.43 Å². The number of aromatic nitrogens is 1. The number of non-ortho nitro benzene ring substituents is 1. The Morgan fingerprint density at radius 2 is 1.90 bits per heavy atom. The summed E-state index contributed by atoms with van der Waals surface area (Å²) in [4.78, 5) is 20.9. The maximum Gasteiger partial charge on any atom is 0.301 e. The Morgan fingerprint density at radius 1 is 1.13 bits per heavy atom. The maximum absolute atomic E-state index is 11.3. The van der Waals surface area contributed by atoms with Crippen molar-refractivity contribution in [1.29, 1.82) is 0 Å². The van der Waals surface area contributed by atoms with Gasteiger partial charge in [0.1, 0.15) is 5.69 Å². The Morgan fingerprint density at radius 3 is 2.61 bits per heavy atom. The van der Waals surface area contributed by atoms with Crippen LogP contribution in [0.1, 0.15) is 30.2 Å². The minimum absolute atomic E-state index is 0.0897. The van der Waals surface area contributed by atoms with E-state index in [0.29, 0.717) is 5.92 Å². The Kier molecular flexibility index (Phi) is 5.48. The molecule has 1 aliphatic carbocycles. The minimum atomic E-state index is -0.666. The number of fused-ring (bicyclic) bond motifs is 1. The lowest BCUT2D eigenvalue weighted by atomic mass is 9.86. The highest BCUT2D eigenvalue weighted by atomic mass is 16.6. The quantitative estimate of drug-likeness (QED) is 0.348. The molecule has 4 rings (SSSR count). The number of anilines is 1. The van der Waals surface area contributed by atoms with Crippen LogP contribution in [-0.4, -0.2) is 20.6 Å². The molecule has 9 nitrogen and oxygen atoms in total. The standard InChI is InChI=1S/C22H21N5O4/c1-15-7-8-16-14-25(17-5-3-2-4-6-17)22(19(16)11-15)13-23-24-20-10-9-18(26(28)29)12-21(20)27(30)31/h2-6,9-10,12-15,24H,7-8,11H2,1H3/b23-13+. The molecule has 3 aromatic rings. The summed E-state index contributed by atoms with van der Waals surface area (Å²) in [6.45, 7) is 2.22. The van der Waals surface area contributed by atoms with Gasteiger partial charge < -0.3 is 4.57 Å². The summed E-state index contributed by atoms with van der Waals surface area (Å²) < 4.78 is 2.08. The second-order valence-corrected chi connectivity index (χ2v) is 7.66. The topological polar surface area (TPSA) is 116 Å². The third kappa shape index (κ3) is 4.16. The average molecular weight is 419 g/mol. The molecule has 0 fully saturated rings. The van der Waals surface area contributed by atoms with Crippen molar-refractivity contribution in [1.82, 2.24) is 4.57 Å². The smallest absolute Gasteiger partial charge is 0.301 e. The highest BCUT2D eigenvalue weighted by Crippen LogP contribution is 2.31. The zero-order valence-electron chi connectivity index (χ0n) is 16.9. The zero-order valence-corrected chi connectivity index (χ0v) is 16.9. The van der Waals surface area contributed by atoms with Crippen molar-refractivity contribution in [2.24, 2.45) is 11.0 Å². The molecule has 0 saturated carbocycles. The molecule has 1 N–H and O–H groups in total. The molecule has 1 unspecified atom stereocenters. The Bertz CT molecular complexity index is 1170. The summed E-state index contributed by atoms with van der Waals surface area (Å²) in [5, 5.41) is 26.5. The van der Waals surface area contributed by atoms with Crippen molar-refractivity contribution in [3.8, 4) is 5.69 Å². The third-order valence-electron chi connectivity index (χ3n) is 5.50. The fraction of sp³-hybridized carbons (Fsp3) is 0.227. The molecule has 1 aliphatic rings. The van der Waals surface area contributed by atoms with Crippen LogP contribution in [0.2, 0.25) is 0 Å². The average Bonchev–Trinajstić information content (AvgIpc) is 3.12. The Balaban J connectivity index is 1.69. The number of hydrazone groups is 1. The first-order valence-corrected chi connectivity index (χ1v) is 9.94. The van der Waals surface area contributed by atoms with Gasteiger partial charge in [0, 0.05) is 18.0 Å². The van der Waals surface area contributed by atoms with Gasteiger partial charge in [0.25, 0.3) is 5.69 Å². The molecule has 1 atom stereocenters. The van der Waals surface area contributed by atoms with Gasteiger partial charge in [-0.05, 0) is 54.5 Å². The van der Waals surface area contributed by atoms with Crippen LogP contribution in [0.3, 0.4) is 0 Å². The first kappa shape index (κ1) is 20.3. The van der Waals surface area contributed by atoms with Crippen molar-refractivity contribution in [3.05, 3.63) is 91.8 Å². The molecule has 2 aromatic carbocycles. The van der Waals surface area contributed by atoms with E-state index < -0.39 is 15.5 Å². The first-order chi connectivity index (χ1) is 14.9. The lowest BCUT2D eigenvalue weighted by Crippen LogP contribution is -2.11. The number of nitro groups is 2. The molecule has 0 aliphatic heterocycles. The number of benzene rings is 2. The molecule has 1 aromatic heterocycles. The van der Waals surface area contributed by atoms with Crippen LogP contribution in [-0.2, 0) is 12.8 Å². The minimum Gasteiger partial charge on any atom is -0.315 e. The SMILES string of the molecule is CC1CCc2cn(-c3ccccc3)c(/C=N/Nc3ccc([N+](=O)[O-])cc3[N+](=O)[O-])c2C1. The van der Waals surface area contributed by atoms with Gasteiger partial charge in [-0.2, -0.15) is 5.10 Å². The van der Waals surface area contributed by atoms with Gasteiger partial charge in [-0.1, -0.05) is 25.1 Å². The Hall–Kier alpha value is -4.01. The summed E-state index contributed by atoms with van der Waals surface area (Å²) in [6, 6.07) is 13.4. The molecular weight excluding hydrogens is 398 g/mol. The molecule has 0 amide bonds. The van der Waals surface area contributed by atoms with Crippen LogP contribution in [0, 0.1) is 26.1 Å². The number of nitro benzene ring substituents is 2. The molecule has 9 heteroatoms. The van der Waals surface area contributed by atoms with E-state index in [1.807, 2.05) is 30.3 Å². The second kappa shape index (κ2) is 8.39. The summed E-state index contributed by atoms with van der Waals surface area (Å²) >= 11 is 0. The van der Waals surface area contributed by atoms with Crippen molar-refractivity contribution < 1.29 is 9.85 Å². The predicted octanol–water partition coefficient (Wildman–Crippen LogP) is 4.86. The summed E-state index contributed by atoms with van der Waals surface area (Å²) in [5.41, 5.74) is 6.47. The van der Waals surface area contributed by atoms with E-state index in [2.05, 4.69) is 28.2 Å². The van der Waals surface area contributed by atoms with Crippen LogP contribution >= 0.6 is 0 Å². The number of hydrogen-bond donors (Lipinski definition) is 1. The highest BCUT2D eigenvalue weighted by Gasteiger charge is 2.23. The second-order valence-electron chi connectivity index (χ2n) is 7.66. The number of para-hydroxylation sites is 1. The summed E-state index contributed by atoms with van der Waals surface area (Å²) in [5.74, 6) is 0.565. The van der Waals surface area contributed by atoms with Crippen LogP contribution < -0.4 is 5.43 Å². The number of aryl methyl sites for hydroxylation is 1. The molecule has 0 spiro atoms. The molecule has 0 saturated heterocycles. The number of rotatable bonds is 6. The Labute approximate surface area is 178 Å².